The molecule has 1 aromatic heterocycles. The average molecular weight is 289 g/mol. The Morgan fingerprint density at radius 2 is 2.35 bits per heavy atom. The van der Waals surface area contributed by atoms with E-state index in [2.05, 4.69) is 15.6 Å². The number of methoxy groups -OCH3 is 1. The maximum absolute atomic E-state index is 11.9. The van der Waals surface area contributed by atoms with E-state index in [0.29, 0.717) is 12.2 Å². The van der Waals surface area contributed by atoms with E-state index in [0.717, 1.165) is 21.3 Å². The van der Waals surface area contributed by atoms with E-state index in [1.807, 2.05) is 31.3 Å². The summed E-state index contributed by atoms with van der Waals surface area (Å²) in [7, 11) is 3.47. The molecule has 2 aromatic rings. The molecule has 0 spiro atoms. The van der Waals surface area contributed by atoms with Crippen LogP contribution < -0.4 is 15.4 Å². The average Bonchev–Trinajstić information content (AvgIpc) is 2.89. The van der Waals surface area contributed by atoms with Gasteiger partial charge >= 0.3 is 0 Å². The molecule has 20 heavy (non-hydrogen) atoms. The minimum absolute atomic E-state index is 0.00160. The Kier molecular flexibility index (Phi) is 3.31. The quantitative estimate of drug-likeness (QED) is 0.912. The molecule has 1 amide bonds. The summed E-state index contributed by atoms with van der Waals surface area (Å²) in [6.45, 7) is 0. The number of aromatic nitrogens is 1. The number of benzene rings is 1. The van der Waals surface area contributed by atoms with Gasteiger partial charge in [0.15, 0.2) is 5.13 Å². The molecule has 1 aliphatic heterocycles. The minimum Gasteiger partial charge on any atom is -0.497 e. The van der Waals surface area contributed by atoms with Crippen LogP contribution in [0.2, 0.25) is 0 Å². The number of carbonyl (C=O) groups is 1. The Bertz CT molecular complexity index is 654. The second-order valence-electron chi connectivity index (χ2n) is 4.56. The van der Waals surface area contributed by atoms with Gasteiger partial charge in [0, 0.05) is 19.4 Å². The summed E-state index contributed by atoms with van der Waals surface area (Å²) >= 11 is 1.58. The second kappa shape index (κ2) is 5.13. The number of anilines is 2. The molecule has 0 saturated carbocycles. The first-order valence-corrected chi connectivity index (χ1v) is 7.15. The number of nitrogens with one attached hydrogen (secondary N) is 2. The zero-order valence-corrected chi connectivity index (χ0v) is 12.1. The van der Waals surface area contributed by atoms with Crippen molar-refractivity contribution in [2.45, 2.75) is 12.3 Å². The van der Waals surface area contributed by atoms with Crippen LogP contribution in [0.25, 0.3) is 0 Å². The van der Waals surface area contributed by atoms with Crippen molar-refractivity contribution in [2.24, 2.45) is 0 Å². The lowest BCUT2D eigenvalue weighted by atomic mass is 9.91. The largest absolute Gasteiger partial charge is 0.497 e. The van der Waals surface area contributed by atoms with Crippen LogP contribution >= 0.6 is 11.3 Å². The fraction of sp³-hybridized carbons (Fsp3) is 0.286. The highest BCUT2D eigenvalue weighted by atomic mass is 32.1. The van der Waals surface area contributed by atoms with Crippen molar-refractivity contribution < 1.29 is 9.53 Å². The van der Waals surface area contributed by atoms with Gasteiger partial charge in [0.05, 0.1) is 12.0 Å². The van der Waals surface area contributed by atoms with E-state index in [4.69, 9.17) is 4.74 Å². The highest BCUT2D eigenvalue weighted by molar-refractivity contribution is 7.16. The molecule has 0 unspecified atom stereocenters. The smallest absolute Gasteiger partial charge is 0.226 e. The molecular weight excluding hydrogens is 274 g/mol. The van der Waals surface area contributed by atoms with E-state index in [1.165, 1.54) is 0 Å². The fourth-order valence-electron chi connectivity index (χ4n) is 2.35. The minimum atomic E-state index is -0.00160. The molecule has 104 valence electrons. The molecule has 0 radical (unpaired) electrons. The summed E-state index contributed by atoms with van der Waals surface area (Å²) in [4.78, 5) is 17.3. The van der Waals surface area contributed by atoms with E-state index in [1.54, 1.807) is 18.4 Å². The van der Waals surface area contributed by atoms with E-state index in [9.17, 15) is 4.79 Å². The molecule has 1 aromatic carbocycles. The predicted octanol–water partition coefficient (Wildman–Crippen LogP) is 2.67. The second-order valence-corrected chi connectivity index (χ2v) is 5.59. The van der Waals surface area contributed by atoms with Crippen LogP contribution in [0.5, 0.6) is 5.75 Å². The lowest BCUT2D eigenvalue weighted by molar-refractivity contribution is -0.116. The third-order valence-corrected chi connectivity index (χ3v) is 4.51. The molecule has 0 fully saturated rings. The summed E-state index contributed by atoms with van der Waals surface area (Å²) in [5, 5.41) is 6.67. The van der Waals surface area contributed by atoms with Crippen molar-refractivity contribution in [3.8, 4) is 5.75 Å². The van der Waals surface area contributed by atoms with Gasteiger partial charge in [-0.3, -0.25) is 4.79 Å². The predicted molar refractivity (Wildman–Crippen MR) is 79.7 cm³/mol. The van der Waals surface area contributed by atoms with Crippen LogP contribution in [0.15, 0.2) is 24.3 Å². The van der Waals surface area contributed by atoms with Gasteiger partial charge in [-0.2, -0.15) is 0 Å². The summed E-state index contributed by atoms with van der Waals surface area (Å²) in [6, 6.07) is 7.85. The Hall–Kier alpha value is -2.08. The number of thiazole rings is 1. The Labute approximate surface area is 121 Å². The van der Waals surface area contributed by atoms with Crippen molar-refractivity contribution in [1.29, 1.82) is 0 Å². The SMILES string of the molecule is CNc1nc2c(s1)[C@@H](c1cccc(OC)c1)CC(=O)N2. The van der Waals surface area contributed by atoms with E-state index >= 15 is 0 Å². The molecule has 1 aliphatic rings. The fourth-order valence-corrected chi connectivity index (χ4v) is 3.36. The number of nitrogens with zero attached hydrogens (tertiary/aromatic N) is 1. The molecule has 5 nitrogen and oxygen atoms in total. The third kappa shape index (κ3) is 2.22. The highest BCUT2D eigenvalue weighted by Gasteiger charge is 2.30. The first kappa shape index (κ1) is 12.9. The van der Waals surface area contributed by atoms with Gasteiger partial charge in [-0.1, -0.05) is 23.5 Å². The maximum Gasteiger partial charge on any atom is 0.226 e. The normalized spacial score (nSPS) is 17.3. The maximum atomic E-state index is 11.9. The van der Waals surface area contributed by atoms with Crippen molar-refractivity contribution in [1.82, 2.24) is 4.98 Å². The molecule has 3 rings (SSSR count). The molecule has 1 atom stereocenters. The molecule has 0 bridgehead atoms. The Morgan fingerprint density at radius 1 is 1.50 bits per heavy atom. The topological polar surface area (TPSA) is 63.3 Å². The van der Waals surface area contributed by atoms with Crippen LogP contribution in [0, 0.1) is 0 Å². The first-order valence-electron chi connectivity index (χ1n) is 6.33. The summed E-state index contributed by atoms with van der Waals surface area (Å²) in [5.41, 5.74) is 1.08. The lowest BCUT2D eigenvalue weighted by Gasteiger charge is -2.21. The third-order valence-electron chi connectivity index (χ3n) is 3.33. The first-order chi connectivity index (χ1) is 9.71. The molecule has 0 saturated heterocycles. The summed E-state index contributed by atoms with van der Waals surface area (Å²) < 4.78 is 5.26. The summed E-state index contributed by atoms with van der Waals surface area (Å²) in [5.74, 6) is 1.50. The van der Waals surface area contributed by atoms with Crippen molar-refractivity contribution in [3.63, 3.8) is 0 Å². The van der Waals surface area contributed by atoms with Crippen molar-refractivity contribution >= 4 is 28.2 Å². The van der Waals surface area contributed by atoms with Gasteiger partial charge in [0.1, 0.15) is 11.6 Å². The number of hydrogen-bond donors (Lipinski definition) is 2. The van der Waals surface area contributed by atoms with Gasteiger partial charge < -0.3 is 15.4 Å². The number of carbonyl (C=O) groups excluding carboxylic acids is 1. The van der Waals surface area contributed by atoms with Gasteiger partial charge in [-0.25, -0.2) is 4.98 Å². The number of rotatable bonds is 3. The van der Waals surface area contributed by atoms with E-state index in [-0.39, 0.29) is 11.8 Å². The van der Waals surface area contributed by atoms with Gasteiger partial charge in [-0.15, -0.1) is 0 Å². The van der Waals surface area contributed by atoms with Crippen molar-refractivity contribution in [3.05, 3.63) is 34.7 Å². The summed E-state index contributed by atoms with van der Waals surface area (Å²) in [6.07, 6.45) is 0.436. The highest BCUT2D eigenvalue weighted by Crippen LogP contribution is 2.42. The molecular formula is C14H15N3O2S. The number of hydrogen-bond acceptors (Lipinski definition) is 5. The van der Waals surface area contributed by atoms with Gasteiger partial charge in [0.25, 0.3) is 0 Å². The number of amides is 1. The zero-order valence-electron chi connectivity index (χ0n) is 11.3. The Morgan fingerprint density at radius 3 is 3.10 bits per heavy atom. The molecule has 2 heterocycles. The standard InChI is InChI=1S/C14H15N3O2S/c1-15-14-17-13-12(20-14)10(7-11(18)16-13)8-4-3-5-9(6-8)19-2/h3-6,10H,7H2,1-2H3,(H,15,17)(H,16,18)/t10-/m1/s1. The van der Waals surface area contributed by atoms with Crippen LogP contribution in [-0.4, -0.2) is 25.0 Å². The Balaban J connectivity index is 2.05. The van der Waals surface area contributed by atoms with Gasteiger partial charge in [0.2, 0.25) is 5.91 Å². The lowest BCUT2D eigenvalue weighted by Crippen LogP contribution is -2.22. The number of fused-ring (bicyclic) bond motifs is 1. The molecule has 0 aliphatic carbocycles. The van der Waals surface area contributed by atoms with Crippen LogP contribution in [0.4, 0.5) is 10.9 Å². The monoisotopic (exact) mass is 289 g/mol. The van der Waals surface area contributed by atoms with E-state index < -0.39 is 0 Å². The zero-order chi connectivity index (χ0) is 14.1. The van der Waals surface area contributed by atoms with Crippen LogP contribution in [-0.2, 0) is 4.79 Å². The van der Waals surface area contributed by atoms with Gasteiger partial charge in [-0.05, 0) is 17.7 Å². The molecule has 2 N–H and O–H groups in total. The molecule has 6 heteroatoms. The van der Waals surface area contributed by atoms with Crippen molar-refractivity contribution in [2.75, 3.05) is 24.8 Å². The van der Waals surface area contributed by atoms with Crippen LogP contribution in [0.3, 0.4) is 0 Å². The van der Waals surface area contributed by atoms with Crippen LogP contribution in [0.1, 0.15) is 22.8 Å². The number of ether oxygens (including phenoxy) is 1.